The van der Waals surface area contributed by atoms with Gasteiger partial charge in [0.05, 0.1) is 5.75 Å². The maximum absolute atomic E-state index is 14.0. The van der Waals surface area contributed by atoms with Crippen LogP contribution in [0, 0.1) is 5.82 Å². The first-order chi connectivity index (χ1) is 8.99. The summed E-state index contributed by atoms with van der Waals surface area (Å²) in [6.07, 6.45) is 0. The Labute approximate surface area is 117 Å². The third-order valence-corrected chi connectivity index (χ3v) is 6.51. The average Bonchev–Trinajstić information content (AvgIpc) is 2.29. The van der Waals surface area contributed by atoms with E-state index in [1.807, 2.05) is 0 Å². The molecular weight excluding hydrogens is 281 g/mol. The van der Waals surface area contributed by atoms with Crippen molar-refractivity contribution in [3.05, 3.63) is 29.6 Å². The van der Waals surface area contributed by atoms with E-state index in [9.17, 15) is 12.8 Å². The van der Waals surface area contributed by atoms with Crippen molar-refractivity contribution < 1.29 is 12.8 Å². The van der Waals surface area contributed by atoms with Crippen molar-refractivity contribution in [2.75, 3.05) is 11.5 Å². The van der Waals surface area contributed by atoms with Crippen LogP contribution >= 0.6 is 0 Å². The van der Waals surface area contributed by atoms with Crippen molar-refractivity contribution in [1.29, 1.82) is 0 Å². The number of hydrogen-bond donors (Lipinski definition) is 2. The van der Waals surface area contributed by atoms with E-state index in [-0.39, 0.29) is 17.2 Å². The lowest BCUT2D eigenvalue weighted by atomic mass is 9.93. The van der Waals surface area contributed by atoms with Gasteiger partial charge in [-0.25, -0.2) is 12.8 Å². The van der Waals surface area contributed by atoms with Crippen LogP contribution in [0.2, 0.25) is 0 Å². The second-order valence-corrected chi connectivity index (χ2v) is 8.32. The number of rotatable bonds is 1. The molecule has 0 saturated heterocycles. The Balaban J connectivity index is 2.69. The Hall–Kier alpha value is -1.63. The molecule has 1 aliphatic heterocycles. The largest absolute Gasteiger partial charge is 0.399 e. The van der Waals surface area contributed by atoms with Crippen LogP contribution < -0.4 is 11.5 Å². The molecule has 1 aliphatic rings. The van der Waals surface area contributed by atoms with E-state index in [4.69, 9.17) is 11.5 Å². The predicted octanol–water partition coefficient (Wildman–Crippen LogP) is 1.19. The number of hydrogen-bond acceptors (Lipinski definition) is 5. The smallest absolute Gasteiger partial charge is 0.165 e. The molecule has 20 heavy (non-hydrogen) atoms. The zero-order valence-corrected chi connectivity index (χ0v) is 12.5. The third-order valence-electron chi connectivity index (χ3n) is 3.80. The van der Waals surface area contributed by atoms with Crippen LogP contribution in [0.1, 0.15) is 26.3 Å². The fourth-order valence-corrected chi connectivity index (χ4v) is 3.92. The van der Waals surface area contributed by atoms with Crippen molar-refractivity contribution in [3.63, 3.8) is 0 Å². The number of nitrogens with zero attached hydrogens (tertiary/aromatic N) is 1. The van der Waals surface area contributed by atoms with E-state index in [0.29, 0.717) is 5.69 Å². The number of nitrogens with two attached hydrogens (primary N) is 2. The Morgan fingerprint density at radius 1 is 1.25 bits per heavy atom. The summed E-state index contributed by atoms with van der Waals surface area (Å²) in [6, 6.07) is 4.02. The molecule has 0 aliphatic carbocycles. The maximum atomic E-state index is 14.0. The van der Waals surface area contributed by atoms with E-state index in [0.717, 1.165) is 0 Å². The Bertz CT molecular complexity index is 698. The summed E-state index contributed by atoms with van der Waals surface area (Å²) >= 11 is 0. The molecule has 1 aromatic carbocycles. The molecule has 1 atom stereocenters. The SMILES string of the molecule is CC1(c2cc(N)ccc2F)CS(=O)(=O)C(C)(C)C(N)=N1. The van der Waals surface area contributed by atoms with Gasteiger partial charge >= 0.3 is 0 Å². The molecule has 110 valence electrons. The molecule has 0 aromatic heterocycles. The molecule has 0 radical (unpaired) electrons. The lowest BCUT2D eigenvalue weighted by Crippen LogP contribution is -2.54. The molecular formula is C13H18FN3O2S. The van der Waals surface area contributed by atoms with E-state index >= 15 is 0 Å². The summed E-state index contributed by atoms with van der Waals surface area (Å²) in [5.74, 6) is -0.880. The van der Waals surface area contributed by atoms with Gasteiger partial charge in [-0.15, -0.1) is 0 Å². The molecule has 0 bridgehead atoms. The van der Waals surface area contributed by atoms with Crippen LogP contribution in [-0.2, 0) is 15.4 Å². The molecule has 5 nitrogen and oxygen atoms in total. The fraction of sp³-hybridized carbons (Fsp3) is 0.462. The van der Waals surface area contributed by atoms with E-state index in [2.05, 4.69) is 4.99 Å². The molecule has 0 amide bonds. The Kier molecular flexibility index (Phi) is 3.09. The number of nitrogen functional groups attached to an aromatic ring is 1. The molecule has 1 aromatic rings. The molecule has 1 unspecified atom stereocenters. The second-order valence-electron chi connectivity index (χ2n) is 5.78. The first-order valence-electron chi connectivity index (χ1n) is 6.13. The molecule has 2 rings (SSSR count). The average molecular weight is 299 g/mol. The molecule has 0 fully saturated rings. The maximum Gasteiger partial charge on any atom is 0.165 e. The van der Waals surface area contributed by atoms with E-state index in [1.54, 1.807) is 6.92 Å². The second kappa shape index (κ2) is 4.18. The van der Waals surface area contributed by atoms with Crippen molar-refractivity contribution in [2.45, 2.75) is 31.1 Å². The number of sulfone groups is 1. The van der Waals surface area contributed by atoms with Gasteiger partial charge < -0.3 is 11.5 Å². The van der Waals surface area contributed by atoms with Gasteiger partial charge in [-0.3, -0.25) is 4.99 Å². The normalized spacial score (nSPS) is 27.9. The molecule has 4 N–H and O–H groups in total. The number of amidine groups is 1. The van der Waals surface area contributed by atoms with Gasteiger partial charge in [-0.05, 0) is 39.0 Å². The van der Waals surface area contributed by atoms with Gasteiger partial charge in [0.2, 0.25) is 0 Å². The van der Waals surface area contributed by atoms with Gasteiger partial charge in [0.1, 0.15) is 21.9 Å². The first kappa shape index (κ1) is 14.8. The van der Waals surface area contributed by atoms with Gasteiger partial charge in [0.15, 0.2) is 9.84 Å². The highest BCUT2D eigenvalue weighted by Gasteiger charge is 2.49. The number of benzene rings is 1. The summed E-state index contributed by atoms with van der Waals surface area (Å²) in [5.41, 5.74) is 10.7. The van der Waals surface area contributed by atoms with E-state index < -0.39 is 25.9 Å². The summed E-state index contributed by atoms with van der Waals surface area (Å²) in [6.45, 7) is 4.54. The monoisotopic (exact) mass is 299 g/mol. The molecule has 0 saturated carbocycles. The Morgan fingerprint density at radius 3 is 2.40 bits per heavy atom. The van der Waals surface area contributed by atoms with Gasteiger partial charge in [-0.2, -0.15) is 0 Å². The zero-order valence-electron chi connectivity index (χ0n) is 11.6. The quantitative estimate of drug-likeness (QED) is 0.761. The highest BCUT2D eigenvalue weighted by molar-refractivity contribution is 7.93. The highest BCUT2D eigenvalue weighted by Crippen LogP contribution is 2.38. The van der Waals surface area contributed by atoms with Crippen molar-refractivity contribution in [2.24, 2.45) is 10.7 Å². The fourth-order valence-electron chi connectivity index (χ4n) is 2.24. The zero-order chi connectivity index (χ0) is 15.3. The molecule has 7 heteroatoms. The van der Waals surface area contributed by atoms with Crippen molar-refractivity contribution >= 4 is 21.4 Å². The van der Waals surface area contributed by atoms with Crippen LogP contribution in [0.15, 0.2) is 23.2 Å². The number of anilines is 1. The van der Waals surface area contributed by atoms with Crippen LogP contribution in [0.5, 0.6) is 0 Å². The number of aliphatic imine (C=N–C) groups is 1. The summed E-state index contributed by atoms with van der Waals surface area (Å²) in [5, 5.41) is 0. The van der Waals surface area contributed by atoms with Crippen LogP contribution in [0.3, 0.4) is 0 Å². The van der Waals surface area contributed by atoms with Crippen LogP contribution in [-0.4, -0.2) is 24.8 Å². The van der Waals surface area contributed by atoms with Gasteiger partial charge in [0.25, 0.3) is 0 Å². The minimum atomic E-state index is -3.56. The lowest BCUT2D eigenvalue weighted by molar-refractivity contribution is 0.476. The first-order valence-corrected chi connectivity index (χ1v) is 7.78. The minimum Gasteiger partial charge on any atom is -0.399 e. The summed E-state index contributed by atoms with van der Waals surface area (Å²) in [4.78, 5) is 4.25. The van der Waals surface area contributed by atoms with Crippen molar-refractivity contribution in [1.82, 2.24) is 0 Å². The minimum absolute atomic E-state index is 0.0203. The van der Waals surface area contributed by atoms with Gasteiger partial charge in [-0.1, -0.05) is 0 Å². The lowest BCUT2D eigenvalue weighted by Gasteiger charge is -2.37. The van der Waals surface area contributed by atoms with E-state index in [1.165, 1.54) is 32.0 Å². The summed E-state index contributed by atoms with van der Waals surface area (Å²) < 4.78 is 37.5. The van der Waals surface area contributed by atoms with Crippen LogP contribution in [0.25, 0.3) is 0 Å². The third kappa shape index (κ3) is 2.06. The van der Waals surface area contributed by atoms with Crippen molar-refractivity contribution in [3.8, 4) is 0 Å². The Morgan fingerprint density at radius 2 is 1.85 bits per heavy atom. The topological polar surface area (TPSA) is 98.5 Å². The molecule has 0 spiro atoms. The summed E-state index contributed by atoms with van der Waals surface area (Å²) in [7, 11) is -3.56. The van der Waals surface area contributed by atoms with Gasteiger partial charge in [0, 0.05) is 11.3 Å². The highest BCUT2D eigenvalue weighted by atomic mass is 32.2. The molecule has 1 heterocycles. The standard InChI is InChI=1S/C13H18FN3O2S/c1-12(2)11(16)17-13(3,7-20(12,18)19)9-6-8(15)4-5-10(9)14/h4-6H,7,15H2,1-3H3,(H2,16,17). The van der Waals surface area contributed by atoms with Crippen LogP contribution in [0.4, 0.5) is 10.1 Å². The predicted molar refractivity (Wildman–Crippen MR) is 77.7 cm³/mol. The number of halogens is 1.